The van der Waals surface area contributed by atoms with E-state index < -0.39 is 0 Å². The maximum absolute atomic E-state index is 12.5. The molecule has 0 atom stereocenters. The Kier molecular flexibility index (Phi) is 5.70. The van der Waals surface area contributed by atoms with E-state index in [1.165, 1.54) is 0 Å². The molecule has 152 valence electrons. The molecule has 0 saturated heterocycles. The molecule has 0 fully saturated rings. The minimum Gasteiger partial charge on any atom is -0.491 e. The van der Waals surface area contributed by atoms with E-state index >= 15 is 0 Å². The van der Waals surface area contributed by atoms with Gasteiger partial charge in [-0.2, -0.15) is 0 Å². The molecule has 0 aliphatic carbocycles. The highest BCUT2D eigenvalue weighted by atomic mass is 16.5. The smallest absolute Gasteiger partial charge is 0.273 e. The van der Waals surface area contributed by atoms with Gasteiger partial charge in [0.1, 0.15) is 11.3 Å². The van der Waals surface area contributed by atoms with Gasteiger partial charge in [-0.05, 0) is 50.1 Å². The summed E-state index contributed by atoms with van der Waals surface area (Å²) in [6.07, 6.45) is 2.42. The van der Waals surface area contributed by atoms with Gasteiger partial charge in [0.05, 0.1) is 18.0 Å². The zero-order chi connectivity index (χ0) is 20.9. The van der Waals surface area contributed by atoms with Gasteiger partial charge in [-0.1, -0.05) is 35.5 Å². The van der Waals surface area contributed by atoms with Crippen molar-refractivity contribution in [1.29, 1.82) is 0 Å². The number of aryl methyl sites for hydroxylation is 1. The van der Waals surface area contributed by atoms with E-state index in [0.29, 0.717) is 31.0 Å². The minimum absolute atomic E-state index is 0.238. The highest BCUT2D eigenvalue weighted by molar-refractivity contribution is 5.93. The van der Waals surface area contributed by atoms with E-state index in [-0.39, 0.29) is 5.91 Å². The van der Waals surface area contributed by atoms with Crippen LogP contribution >= 0.6 is 0 Å². The van der Waals surface area contributed by atoms with Crippen molar-refractivity contribution in [3.05, 3.63) is 77.7 Å². The maximum Gasteiger partial charge on any atom is 0.273 e. The molecule has 4 aromatic rings. The third kappa shape index (κ3) is 4.15. The number of para-hydroxylation sites is 1. The van der Waals surface area contributed by atoms with Crippen molar-refractivity contribution in [2.45, 2.75) is 20.3 Å². The van der Waals surface area contributed by atoms with Gasteiger partial charge in [0, 0.05) is 18.1 Å². The van der Waals surface area contributed by atoms with Crippen LogP contribution in [0.2, 0.25) is 0 Å². The molecule has 7 heteroatoms. The number of amides is 1. The Morgan fingerprint density at radius 1 is 1.10 bits per heavy atom. The number of fused-ring (bicyclic) bond motifs is 1. The monoisotopic (exact) mass is 401 g/mol. The molecule has 2 heterocycles. The summed E-state index contributed by atoms with van der Waals surface area (Å²) in [6.45, 7) is 4.81. The van der Waals surface area contributed by atoms with Crippen LogP contribution in [0.25, 0.3) is 16.6 Å². The number of rotatable bonds is 7. The second-order valence-electron chi connectivity index (χ2n) is 7.06. The van der Waals surface area contributed by atoms with Gasteiger partial charge in [0.2, 0.25) is 0 Å². The molecule has 4 rings (SSSR count). The van der Waals surface area contributed by atoms with Crippen LogP contribution in [-0.4, -0.2) is 39.0 Å². The maximum atomic E-state index is 12.5. The topological polar surface area (TPSA) is 81.9 Å². The van der Waals surface area contributed by atoms with Gasteiger partial charge in [-0.3, -0.25) is 9.78 Å². The third-order valence-electron chi connectivity index (χ3n) is 4.82. The van der Waals surface area contributed by atoms with Crippen LogP contribution in [0.1, 0.15) is 28.2 Å². The standard InChI is InChI=1S/C23H23N5O2/c1-16-7-3-10-19(15-16)28-17(2)21(26-27-28)23(29)25-13-6-14-30-20-11-4-8-18-9-5-12-24-22(18)20/h3-5,7-12,15H,6,13-14H2,1-2H3,(H,25,29). The second kappa shape index (κ2) is 8.73. The van der Waals surface area contributed by atoms with Crippen molar-refractivity contribution in [1.82, 2.24) is 25.3 Å². The van der Waals surface area contributed by atoms with E-state index in [9.17, 15) is 4.79 Å². The van der Waals surface area contributed by atoms with Gasteiger partial charge < -0.3 is 10.1 Å². The first-order valence-electron chi connectivity index (χ1n) is 9.87. The largest absolute Gasteiger partial charge is 0.491 e. The summed E-state index contributed by atoms with van der Waals surface area (Å²) in [5, 5.41) is 12.1. The van der Waals surface area contributed by atoms with Crippen LogP contribution in [0.5, 0.6) is 5.75 Å². The van der Waals surface area contributed by atoms with Crippen molar-refractivity contribution in [3.8, 4) is 11.4 Å². The molecule has 0 aliphatic heterocycles. The van der Waals surface area contributed by atoms with Crippen LogP contribution < -0.4 is 10.1 Å². The average molecular weight is 401 g/mol. The van der Waals surface area contributed by atoms with Gasteiger partial charge >= 0.3 is 0 Å². The number of nitrogens with one attached hydrogen (secondary N) is 1. The number of carbonyl (C=O) groups excluding carboxylic acids is 1. The summed E-state index contributed by atoms with van der Waals surface area (Å²) >= 11 is 0. The molecule has 0 aliphatic rings. The molecule has 2 aromatic heterocycles. The lowest BCUT2D eigenvalue weighted by atomic mass is 10.2. The number of aromatic nitrogens is 4. The number of nitrogens with zero attached hydrogens (tertiary/aromatic N) is 4. The SMILES string of the molecule is Cc1cccc(-n2nnc(C(=O)NCCCOc3cccc4cccnc34)c2C)c1. The number of benzene rings is 2. The highest BCUT2D eigenvalue weighted by Crippen LogP contribution is 2.22. The van der Waals surface area contributed by atoms with Gasteiger partial charge in [-0.15, -0.1) is 5.10 Å². The number of pyridine rings is 1. The fourth-order valence-electron chi connectivity index (χ4n) is 3.28. The Morgan fingerprint density at radius 3 is 2.80 bits per heavy atom. The summed E-state index contributed by atoms with van der Waals surface area (Å²) in [5.74, 6) is 0.509. The van der Waals surface area contributed by atoms with Crippen molar-refractivity contribution in [2.75, 3.05) is 13.2 Å². The van der Waals surface area contributed by atoms with E-state index in [2.05, 4.69) is 20.6 Å². The third-order valence-corrected chi connectivity index (χ3v) is 4.82. The van der Waals surface area contributed by atoms with Crippen LogP contribution in [0.15, 0.2) is 60.8 Å². The van der Waals surface area contributed by atoms with E-state index in [4.69, 9.17) is 4.74 Å². The molecule has 0 unspecified atom stereocenters. The average Bonchev–Trinajstić information content (AvgIpc) is 3.15. The predicted molar refractivity (Wildman–Crippen MR) is 115 cm³/mol. The summed E-state index contributed by atoms with van der Waals surface area (Å²) in [7, 11) is 0. The fraction of sp³-hybridized carbons (Fsp3) is 0.217. The minimum atomic E-state index is -0.238. The molecular formula is C23H23N5O2. The van der Waals surface area contributed by atoms with Crippen molar-refractivity contribution < 1.29 is 9.53 Å². The summed E-state index contributed by atoms with van der Waals surface area (Å²) < 4.78 is 7.54. The molecule has 0 bridgehead atoms. The van der Waals surface area contributed by atoms with Crippen molar-refractivity contribution in [3.63, 3.8) is 0 Å². The normalized spacial score (nSPS) is 10.9. The predicted octanol–water partition coefficient (Wildman–Crippen LogP) is 3.63. The number of carbonyl (C=O) groups is 1. The Labute approximate surface area is 174 Å². The Balaban J connectivity index is 1.31. The molecule has 7 nitrogen and oxygen atoms in total. The van der Waals surface area contributed by atoms with Crippen molar-refractivity contribution >= 4 is 16.8 Å². The molecule has 0 radical (unpaired) electrons. The molecule has 2 aromatic carbocycles. The Hall–Kier alpha value is -3.74. The second-order valence-corrected chi connectivity index (χ2v) is 7.06. The quantitative estimate of drug-likeness (QED) is 0.478. The van der Waals surface area contributed by atoms with Crippen LogP contribution in [0, 0.1) is 13.8 Å². The van der Waals surface area contributed by atoms with Gasteiger partial charge in [0.25, 0.3) is 5.91 Å². The summed E-state index contributed by atoms with van der Waals surface area (Å²) in [4.78, 5) is 16.9. The van der Waals surface area contributed by atoms with Crippen LogP contribution in [-0.2, 0) is 0 Å². The number of ether oxygens (including phenoxy) is 1. The lowest BCUT2D eigenvalue weighted by Gasteiger charge is -2.09. The van der Waals surface area contributed by atoms with E-state index in [1.807, 2.05) is 68.4 Å². The molecule has 30 heavy (non-hydrogen) atoms. The van der Waals surface area contributed by atoms with Crippen molar-refractivity contribution in [2.24, 2.45) is 0 Å². The molecule has 0 saturated carbocycles. The summed E-state index contributed by atoms with van der Waals surface area (Å²) in [6, 6.07) is 17.7. The lowest BCUT2D eigenvalue weighted by Crippen LogP contribution is -2.26. The van der Waals surface area contributed by atoms with Gasteiger partial charge in [0.15, 0.2) is 5.69 Å². The molecule has 1 amide bonds. The van der Waals surface area contributed by atoms with Crippen LogP contribution in [0.4, 0.5) is 0 Å². The van der Waals surface area contributed by atoms with E-state index in [0.717, 1.165) is 27.9 Å². The number of hydrogen-bond acceptors (Lipinski definition) is 5. The zero-order valence-corrected chi connectivity index (χ0v) is 17.0. The van der Waals surface area contributed by atoms with Crippen LogP contribution in [0.3, 0.4) is 0 Å². The van der Waals surface area contributed by atoms with E-state index in [1.54, 1.807) is 10.9 Å². The van der Waals surface area contributed by atoms with Gasteiger partial charge in [-0.25, -0.2) is 4.68 Å². The first-order valence-corrected chi connectivity index (χ1v) is 9.87. The molecule has 1 N–H and O–H groups in total. The summed E-state index contributed by atoms with van der Waals surface area (Å²) in [5.41, 5.74) is 3.88. The zero-order valence-electron chi connectivity index (χ0n) is 17.0. The first-order chi connectivity index (χ1) is 14.6. The number of hydrogen-bond donors (Lipinski definition) is 1. The molecular weight excluding hydrogens is 378 g/mol. The highest BCUT2D eigenvalue weighted by Gasteiger charge is 2.17. The lowest BCUT2D eigenvalue weighted by molar-refractivity contribution is 0.0946. The first kappa shape index (κ1) is 19.6. The Morgan fingerprint density at radius 2 is 1.93 bits per heavy atom. The molecule has 0 spiro atoms. The Bertz CT molecular complexity index is 1180. The fourth-order valence-corrected chi connectivity index (χ4v) is 3.28.